The topological polar surface area (TPSA) is 38.3 Å². The standard InChI is InChI=1S/C15H22ClNO2/c1-4-7-14(16)15(18)17-11(3)12-8-6-9-13(10-12)19-5-2/h6,8-11,14H,4-5,7H2,1-3H3,(H,17,18)/t11-,14+/m1/s1. The smallest absolute Gasteiger partial charge is 0.238 e. The van der Waals surface area contributed by atoms with Crippen LogP contribution in [0.25, 0.3) is 0 Å². The van der Waals surface area contributed by atoms with E-state index in [1.807, 2.05) is 45.0 Å². The van der Waals surface area contributed by atoms with Crippen LogP contribution in [0.3, 0.4) is 0 Å². The Morgan fingerprint density at radius 2 is 2.16 bits per heavy atom. The van der Waals surface area contributed by atoms with Gasteiger partial charge in [-0.1, -0.05) is 25.5 Å². The molecule has 0 saturated heterocycles. The van der Waals surface area contributed by atoms with E-state index in [0.29, 0.717) is 13.0 Å². The van der Waals surface area contributed by atoms with Crippen molar-refractivity contribution in [2.24, 2.45) is 0 Å². The highest BCUT2D eigenvalue weighted by atomic mass is 35.5. The van der Waals surface area contributed by atoms with Gasteiger partial charge in [0, 0.05) is 0 Å². The van der Waals surface area contributed by atoms with Crippen LogP contribution in [-0.4, -0.2) is 17.9 Å². The number of hydrogen-bond acceptors (Lipinski definition) is 2. The van der Waals surface area contributed by atoms with E-state index < -0.39 is 5.38 Å². The number of benzene rings is 1. The fourth-order valence-electron chi connectivity index (χ4n) is 1.81. The zero-order chi connectivity index (χ0) is 14.3. The first-order valence-corrected chi connectivity index (χ1v) is 7.19. The summed E-state index contributed by atoms with van der Waals surface area (Å²) in [6, 6.07) is 7.66. The monoisotopic (exact) mass is 283 g/mol. The number of halogens is 1. The van der Waals surface area contributed by atoms with Crippen LogP contribution in [0, 0.1) is 0 Å². The molecule has 0 bridgehead atoms. The number of carbonyl (C=O) groups excluding carboxylic acids is 1. The fraction of sp³-hybridized carbons (Fsp3) is 0.533. The molecule has 0 fully saturated rings. The maximum absolute atomic E-state index is 11.9. The molecule has 0 spiro atoms. The number of alkyl halides is 1. The lowest BCUT2D eigenvalue weighted by Crippen LogP contribution is -2.33. The second kappa shape index (κ2) is 8.05. The SMILES string of the molecule is CCC[C@H](Cl)C(=O)N[C@H](C)c1cccc(OCC)c1. The van der Waals surface area contributed by atoms with E-state index in [2.05, 4.69) is 5.32 Å². The molecule has 1 amide bonds. The van der Waals surface area contributed by atoms with Crippen molar-refractivity contribution in [2.45, 2.75) is 45.0 Å². The predicted octanol–water partition coefficient (Wildman–Crippen LogP) is 3.67. The molecule has 19 heavy (non-hydrogen) atoms. The average molecular weight is 284 g/mol. The van der Waals surface area contributed by atoms with Crippen molar-refractivity contribution >= 4 is 17.5 Å². The zero-order valence-corrected chi connectivity index (χ0v) is 12.5. The minimum absolute atomic E-state index is 0.0778. The molecule has 1 aromatic carbocycles. The van der Waals surface area contributed by atoms with Crippen molar-refractivity contribution in [2.75, 3.05) is 6.61 Å². The summed E-state index contributed by atoms with van der Waals surface area (Å²) in [4.78, 5) is 11.9. The summed E-state index contributed by atoms with van der Waals surface area (Å²) in [6.07, 6.45) is 1.59. The lowest BCUT2D eigenvalue weighted by Gasteiger charge is -2.17. The van der Waals surface area contributed by atoms with Crippen LogP contribution in [0.4, 0.5) is 0 Å². The van der Waals surface area contributed by atoms with Crippen molar-refractivity contribution < 1.29 is 9.53 Å². The first kappa shape index (κ1) is 15.8. The molecule has 3 nitrogen and oxygen atoms in total. The molecular weight excluding hydrogens is 262 g/mol. The summed E-state index contributed by atoms with van der Waals surface area (Å²) in [6.45, 7) is 6.53. The van der Waals surface area contributed by atoms with Gasteiger partial charge in [-0.3, -0.25) is 4.79 Å². The predicted molar refractivity (Wildman–Crippen MR) is 78.7 cm³/mol. The Hall–Kier alpha value is -1.22. The van der Waals surface area contributed by atoms with Crippen LogP contribution < -0.4 is 10.1 Å². The fourth-order valence-corrected chi connectivity index (χ4v) is 2.09. The maximum Gasteiger partial charge on any atom is 0.238 e. The van der Waals surface area contributed by atoms with Crippen LogP contribution >= 0.6 is 11.6 Å². The highest BCUT2D eigenvalue weighted by molar-refractivity contribution is 6.30. The lowest BCUT2D eigenvalue weighted by atomic mass is 10.1. The molecule has 0 aliphatic rings. The van der Waals surface area contributed by atoms with Crippen molar-refractivity contribution in [3.05, 3.63) is 29.8 Å². The summed E-state index contributed by atoms with van der Waals surface area (Å²) < 4.78 is 5.45. The van der Waals surface area contributed by atoms with Gasteiger partial charge in [0.15, 0.2) is 0 Å². The van der Waals surface area contributed by atoms with Gasteiger partial charge in [0.25, 0.3) is 0 Å². The van der Waals surface area contributed by atoms with E-state index in [0.717, 1.165) is 17.7 Å². The summed E-state index contributed by atoms with van der Waals surface area (Å²) in [5, 5.41) is 2.47. The molecule has 0 radical (unpaired) electrons. The average Bonchev–Trinajstić information content (AvgIpc) is 2.39. The molecule has 0 aliphatic heterocycles. The Balaban J connectivity index is 2.64. The van der Waals surface area contributed by atoms with Gasteiger partial charge in [0.2, 0.25) is 5.91 Å². The zero-order valence-electron chi connectivity index (χ0n) is 11.8. The van der Waals surface area contributed by atoms with E-state index >= 15 is 0 Å². The van der Waals surface area contributed by atoms with E-state index in [1.54, 1.807) is 0 Å². The first-order valence-electron chi connectivity index (χ1n) is 6.75. The second-order valence-corrected chi connectivity index (χ2v) is 5.02. The van der Waals surface area contributed by atoms with Crippen LogP contribution in [0.15, 0.2) is 24.3 Å². The van der Waals surface area contributed by atoms with Gasteiger partial charge in [-0.2, -0.15) is 0 Å². The Bertz CT molecular complexity index is 409. The number of rotatable bonds is 7. The molecule has 4 heteroatoms. The third-order valence-corrected chi connectivity index (χ3v) is 3.27. The molecular formula is C15H22ClNO2. The number of hydrogen-bond donors (Lipinski definition) is 1. The van der Waals surface area contributed by atoms with E-state index in [-0.39, 0.29) is 11.9 Å². The highest BCUT2D eigenvalue weighted by Gasteiger charge is 2.17. The van der Waals surface area contributed by atoms with Crippen LogP contribution in [0.1, 0.15) is 45.2 Å². The molecule has 1 rings (SSSR count). The first-order chi connectivity index (χ1) is 9.08. The Kier molecular flexibility index (Phi) is 6.71. The van der Waals surface area contributed by atoms with Crippen molar-refractivity contribution in [3.8, 4) is 5.75 Å². The van der Waals surface area contributed by atoms with Gasteiger partial charge in [-0.05, 0) is 38.0 Å². The third kappa shape index (κ3) is 5.11. The van der Waals surface area contributed by atoms with E-state index in [9.17, 15) is 4.79 Å². The maximum atomic E-state index is 11.9. The Morgan fingerprint density at radius 1 is 1.42 bits per heavy atom. The van der Waals surface area contributed by atoms with Gasteiger partial charge < -0.3 is 10.1 Å². The largest absolute Gasteiger partial charge is 0.494 e. The Morgan fingerprint density at radius 3 is 2.79 bits per heavy atom. The molecule has 0 aliphatic carbocycles. The van der Waals surface area contributed by atoms with E-state index in [1.165, 1.54) is 0 Å². The second-order valence-electron chi connectivity index (χ2n) is 4.49. The number of carbonyl (C=O) groups is 1. The van der Waals surface area contributed by atoms with Crippen LogP contribution in [0.5, 0.6) is 5.75 Å². The number of nitrogens with one attached hydrogen (secondary N) is 1. The van der Waals surface area contributed by atoms with Crippen molar-refractivity contribution in [1.29, 1.82) is 0 Å². The van der Waals surface area contributed by atoms with Gasteiger partial charge in [-0.25, -0.2) is 0 Å². The minimum atomic E-state index is -0.456. The molecule has 0 unspecified atom stereocenters. The summed E-state index contributed by atoms with van der Waals surface area (Å²) in [5.74, 6) is 0.704. The van der Waals surface area contributed by atoms with Gasteiger partial charge in [-0.15, -0.1) is 11.6 Å². The highest BCUT2D eigenvalue weighted by Crippen LogP contribution is 2.19. The molecule has 1 aromatic rings. The molecule has 2 atom stereocenters. The summed E-state index contributed by atoms with van der Waals surface area (Å²) in [7, 11) is 0. The van der Waals surface area contributed by atoms with Gasteiger partial charge in [0.05, 0.1) is 12.6 Å². The molecule has 0 heterocycles. The van der Waals surface area contributed by atoms with Crippen LogP contribution in [-0.2, 0) is 4.79 Å². The van der Waals surface area contributed by atoms with Gasteiger partial charge in [0.1, 0.15) is 11.1 Å². The quantitative estimate of drug-likeness (QED) is 0.776. The molecule has 0 aromatic heterocycles. The number of ether oxygens (including phenoxy) is 1. The third-order valence-electron chi connectivity index (χ3n) is 2.85. The summed E-state index contributed by atoms with van der Waals surface area (Å²) >= 11 is 6.01. The van der Waals surface area contributed by atoms with Crippen molar-refractivity contribution in [1.82, 2.24) is 5.32 Å². The normalized spacial score (nSPS) is 13.7. The minimum Gasteiger partial charge on any atom is -0.494 e. The lowest BCUT2D eigenvalue weighted by molar-refractivity contribution is -0.121. The van der Waals surface area contributed by atoms with Crippen molar-refractivity contribution in [3.63, 3.8) is 0 Å². The molecule has 106 valence electrons. The van der Waals surface area contributed by atoms with Gasteiger partial charge >= 0.3 is 0 Å². The van der Waals surface area contributed by atoms with Crippen LogP contribution in [0.2, 0.25) is 0 Å². The number of amides is 1. The summed E-state index contributed by atoms with van der Waals surface area (Å²) in [5.41, 5.74) is 1.01. The van der Waals surface area contributed by atoms with E-state index in [4.69, 9.17) is 16.3 Å². The molecule has 1 N–H and O–H groups in total. The molecule has 0 saturated carbocycles. The Labute approximate surface area is 120 Å².